The Labute approximate surface area is 84.2 Å². The van der Waals surface area contributed by atoms with E-state index >= 15 is 0 Å². The van der Waals surface area contributed by atoms with Crippen molar-refractivity contribution in [3.63, 3.8) is 0 Å². The van der Waals surface area contributed by atoms with Crippen LogP contribution < -0.4 is 0 Å². The molecule has 0 fully saturated rings. The molecular formula is C10H15NO3. The van der Waals surface area contributed by atoms with Gasteiger partial charge in [-0.3, -0.25) is 4.79 Å². The number of amides is 1. The van der Waals surface area contributed by atoms with E-state index in [-0.39, 0.29) is 12.2 Å². The van der Waals surface area contributed by atoms with Crippen molar-refractivity contribution < 1.29 is 14.3 Å². The third kappa shape index (κ3) is 2.72. The minimum atomic E-state index is -0.247. The van der Waals surface area contributed by atoms with Crippen molar-refractivity contribution >= 4 is 6.41 Å². The van der Waals surface area contributed by atoms with Crippen molar-refractivity contribution in [2.45, 2.75) is 18.6 Å². The van der Waals surface area contributed by atoms with Crippen molar-refractivity contribution in [3.05, 3.63) is 0 Å². The summed E-state index contributed by atoms with van der Waals surface area (Å²) in [6.07, 6.45) is 1.10. The van der Waals surface area contributed by atoms with Gasteiger partial charge >= 0.3 is 0 Å². The van der Waals surface area contributed by atoms with Gasteiger partial charge < -0.3 is 14.4 Å². The second kappa shape index (κ2) is 5.63. The second-order valence-corrected chi connectivity index (χ2v) is 3.10. The van der Waals surface area contributed by atoms with Crippen molar-refractivity contribution in [2.24, 2.45) is 0 Å². The van der Waals surface area contributed by atoms with Gasteiger partial charge in [-0.1, -0.05) is 11.8 Å². The van der Waals surface area contributed by atoms with E-state index in [9.17, 15) is 4.79 Å². The lowest BCUT2D eigenvalue weighted by molar-refractivity contribution is -0.121. The number of carbonyl (C=O) groups is 1. The van der Waals surface area contributed by atoms with E-state index in [0.717, 1.165) is 6.41 Å². The normalized spacial score (nSPS) is 27.1. The number of methoxy groups -OCH3 is 2. The first-order valence-corrected chi connectivity index (χ1v) is 4.55. The largest absolute Gasteiger partial charge is 0.376 e. The van der Waals surface area contributed by atoms with Gasteiger partial charge in [0, 0.05) is 27.2 Å². The smallest absolute Gasteiger partial charge is 0.209 e. The van der Waals surface area contributed by atoms with E-state index in [4.69, 9.17) is 9.47 Å². The van der Waals surface area contributed by atoms with Gasteiger partial charge in [-0.2, -0.15) is 0 Å². The van der Waals surface area contributed by atoms with Crippen molar-refractivity contribution in [3.8, 4) is 11.8 Å². The van der Waals surface area contributed by atoms with Crippen LogP contribution in [0.25, 0.3) is 0 Å². The summed E-state index contributed by atoms with van der Waals surface area (Å²) < 4.78 is 10.4. The zero-order chi connectivity index (χ0) is 10.4. The summed E-state index contributed by atoms with van der Waals surface area (Å²) in [4.78, 5) is 12.3. The number of hydrogen-bond acceptors (Lipinski definition) is 3. The van der Waals surface area contributed by atoms with Crippen LogP contribution in [0, 0.1) is 11.8 Å². The molecule has 0 aromatic rings. The molecule has 0 unspecified atom stereocenters. The quantitative estimate of drug-likeness (QED) is 0.468. The molecule has 1 heterocycles. The lowest BCUT2D eigenvalue weighted by Gasteiger charge is -2.27. The van der Waals surface area contributed by atoms with Gasteiger partial charge in [-0.15, -0.1) is 0 Å². The Kier molecular flexibility index (Phi) is 4.44. The second-order valence-electron chi connectivity index (χ2n) is 3.10. The maximum Gasteiger partial charge on any atom is 0.209 e. The fraction of sp³-hybridized carbons (Fsp3) is 0.700. The van der Waals surface area contributed by atoms with Gasteiger partial charge in [0.25, 0.3) is 0 Å². The summed E-state index contributed by atoms with van der Waals surface area (Å²) in [5.41, 5.74) is 0. The lowest BCUT2D eigenvalue weighted by Crippen LogP contribution is -2.41. The van der Waals surface area contributed by atoms with E-state index in [0.29, 0.717) is 19.5 Å². The first kappa shape index (κ1) is 11.0. The number of carbonyl (C=O) groups excluding carboxylic acids is 1. The van der Waals surface area contributed by atoms with E-state index < -0.39 is 0 Å². The molecule has 2 atom stereocenters. The van der Waals surface area contributed by atoms with Gasteiger partial charge in [-0.05, 0) is 0 Å². The van der Waals surface area contributed by atoms with E-state index in [2.05, 4.69) is 11.8 Å². The number of ether oxygens (including phenoxy) is 2. The van der Waals surface area contributed by atoms with Crippen LogP contribution in [0.1, 0.15) is 6.42 Å². The Hall–Kier alpha value is -1.05. The Balaban J connectivity index is 2.71. The van der Waals surface area contributed by atoms with Crippen LogP contribution in [0.3, 0.4) is 0 Å². The molecule has 1 aliphatic rings. The van der Waals surface area contributed by atoms with Crippen LogP contribution in [0.5, 0.6) is 0 Å². The SMILES string of the molecule is CO[C@H]1C#CCCN(C=O)C[C@@H]1OC. The van der Waals surface area contributed by atoms with Crippen LogP contribution >= 0.6 is 0 Å². The van der Waals surface area contributed by atoms with Gasteiger partial charge in [-0.25, -0.2) is 0 Å². The van der Waals surface area contributed by atoms with Crippen LogP contribution in [-0.4, -0.2) is 50.8 Å². The molecule has 14 heavy (non-hydrogen) atoms. The zero-order valence-corrected chi connectivity index (χ0v) is 8.53. The molecule has 0 N–H and O–H groups in total. The molecule has 1 amide bonds. The Morgan fingerprint density at radius 1 is 1.43 bits per heavy atom. The maximum absolute atomic E-state index is 10.7. The zero-order valence-electron chi connectivity index (χ0n) is 8.53. The summed E-state index contributed by atoms with van der Waals surface area (Å²) in [6, 6.07) is 0. The molecule has 1 aliphatic heterocycles. The van der Waals surface area contributed by atoms with Gasteiger partial charge in [0.05, 0.1) is 6.54 Å². The molecule has 0 aromatic heterocycles. The minimum absolute atomic E-state index is 0.169. The van der Waals surface area contributed by atoms with E-state index in [1.54, 1.807) is 19.1 Å². The topological polar surface area (TPSA) is 38.8 Å². The highest BCUT2D eigenvalue weighted by Gasteiger charge is 2.22. The monoisotopic (exact) mass is 197 g/mol. The third-order valence-corrected chi connectivity index (χ3v) is 2.23. The molecule has 0 radical (unpaired) electrons. The van der Waals surface area contributed by atoms with Gasteiger partial charge in [0.1, 0.15) is 12.2 Å². The minimum Gasteiger partial charge on any atom is -0.376 e. The highest BCUT2D eigenvalue weighted by atomic mass is 16.5. The predicted octanol–water partition coefficient (Wildman–Crippen LogP) is -0.118. The van der Waals surface area contributed by atoms with Crippen molar-refractivity contribution in [2.75, 3.05) is 27.3 Å². The number of rotatable bonds is 3. The van der Waals surface area contributed by atoms with E-state index in [1.807, 2.05) is 0 Å². The number of nitrogens with zero attached hydrogens (tertiary/aromatic N) is 1. The number of hydrogen-bond donors (Lipinski definition) is 0. The molecule has 4 nitrogen and oxygen atoms in total. The van der Waals surface area contributed by atoms with Crippen LogP contribution in [0.4, 0.5) is 0 Å². The summed E-state index contributed by atoms with van der Waals surface area (Å²) in [5.74, 6) is 5.94. The fourth-order valence-electron chi connectivity index (χ4n) is 1.39. The molecule has 0 bridgehead atoms. The standard InChI is InChI=1S/C10H15NO3/c1-13-9-5-3-4-6-11(8-12)7-10(9)14-2/h8-10H,4,6-7H2,1-2H3/t9-,10-/m0/s1. The van der Waals surface area contributed by atoms with Crippen LogP contribution in [0.2, 0.25) is 0 Å². The molecular weight excluding hydrogens is 182 g/mol. The third-order valence-electron chi connectivity index (χ3n) is 2.23. The van der Waals surface area contributed by atoms with Gasteiger partial charge in [0.15, 0.2) is 0 Å². The lowest BCUT2D eigenvalue weighted by atomic mass is 10.1. The van der Waals surface area contributed by atoms with E-state index in [1.165, 1.54) is 0 Å². The molecule has 0 aromatic carbocycles. The fourth-order valence-corrected chi connectivity index (χ4v) is 1.39. The Morgan fingerprint density at radius 3 is 2.79 bits per heavy atom. The average Bonchev–Trinajstić information content (AvgIpc) is 2.19. The Bertz CT molecular complexity index is 243. The molecule has 4 heteroatoms. The first-order chi connectivity index (χ1) is 6.81. The molecule has 0 spiro atoms. The molecule has 0 aliphatic carbocycles. The van der Waals surface area contributed by atoms with Crippen LogP contribution in [0.15, 0.2) is 0 Å². The predicted molar refractivity (Wildman–Crippen MR) is 51.6 cm³/mol. The summed E-state index contributed by atoms with van der Waals surface area (Å²) in [7, 11) is 3.20. The Morgan fingerprint density at radius 2 is 2.21 bits per heavy atom. The molecule has 0 saturated heterocycles. The maximum atomic E-state index is 10.7. The van der Waals surface area contributed by atoms with Gasteiger partial charge in [0.2, 0.25) is 6.41 Å². The summed E-state index contributed by atoms with van der Waals surface area (Å²) in [5, 5.41) is 0. The summed E-state index contributed by atoms with van der Waals surface area (Å²) in [6.45, 7) is 1.19. The highest BCUT2D eigenvalue weighted by molar-refractivity contribution is 5.47. The molecule has 78 valence electrons. The van der Waals surface area contributed by atoms with Crippen LogP contribution in [-0.2, 0) is 14.3 Å². The average molecular weight is 197 g/mol. The summed E-state index contributed by atoms with van der Waals surface area (Å²) >= 11 is 0. The van der Waals surface area contributed by atoms with Crippen molar-refractivity contribution in [1.82, 2.24) is 4.90 Å². The first-order valence-electron chi connectivity index (χ1n) is 4.55. The highest BCUT2D eigenvalue weighted by Crippen LogP contribution is 2.06. The van der Waals surface area contributed by atoms with Crippen molar-refractivity contribution in [1.29, 1.82) is 0 Å². The molecule has 1 rings (SSSR count). The molecule has 0 saturated carbocycles.